The Kier molecular flexibility index (Phi) is 6.41. The maximum absolute atomic E-state index is 15.2. The topological polar surface area (TPSA) is 88.2 Å². The van der Waals surface area contributed by atoms with Crippen LogP contribution in [0.15, 0.2) is 42.9 Å². The SMILES string of the molecule is CCc1ncnc(-c2ccc(C(=O)N3CCCN(C)CC3)c(F)c2)c1-c1ccc(N)nc1. The van der Waals surface area contributed by atoms with E-state index in [-0.39, 0.29) is 11.5 Å². The Balaban J connectivity index is 1.70. The number of carbonyl (C=O) groups is 1. The maximum Gasteiger partial charge on any atom is 0.256 e. The number of benzene rings is 1. The average molecular weight is 435 g/mol. The van der Waals surface area contributed by atoms with Crippen LogP contribution in [0.3, 0.4) is 0 Å². The van der Waals surface area contributed by atoms with E-state index in [1.165, 1.54) is 12.4 Å². The number of nitrogens with two attached hydrogens (primary N) is 1. The van der Waals surface area contributed by atoms with Crippen molar-refractivity contribution in [3.63, 3.8) is 0 Å². The minimum Gasteiger partial charge on any atom is -0.384 e. The Labute approximate surface area is 187 Å². The molecule has 0 saturated carbocycles. The highest BCUT2D eigenvalue weighted by Gasteiger charge is 2.23. The van der Waals surface area contributed by atoms with Crippen molar-refractivity contribution in [2.75, 3.05) is 39.0 Å². The molecule has 0 spiro atoms. The molecule has 0 radical (unpaired) electrons. The van der Waals surface area contributed by atoms with Gasteiger partial charge in [0.2, 0.25) is 0 Å². The zero-order chi connectivity index (χ0) is 22.7. The van der Waals surface area contributed by atoms with Gasteiger partial charge in [0, 0.05) is 42.5 Å². The summed E-state index contributed by atoms with van der Waals surface area (Å²) in [5.74, 6) is -0.411. The number of aromatic nitrogens is 3. The summed E-state index contributed by atoms with van der Waals surface area (Å²) in [7, 11) is 2.03. The molecule has 7 nitrogen and oxygen atoms in total. The number of halogens is 1. The lowest BCUT2D eigenvalue weighted by Crippen LogP contribution is -2.35. The van der Waals surface area contributed by atoms with Crippen LogP contribution in [0.5, 0.6) is 0 Å². The van der Waals surface area contributed by atoms with E-state index >= 15 is 4.39 Å². The number of anilines is 1. The highest BCUT2D eigenvalue weighted by Crippen LogP contribution is 2.33. The van der Waals surface area contributed by atoms with Crippen molar-refractivity contribution < 1.29 is 9.18 Å². The van der Waals surface area contributed by atoms with Gasteiger partial charge in [-0.05, 0) is 50.7 Å². The van der Waals surface area contributed by atoms with Crippen LogP contribution in [-0.4, -0.2) is 63.9 Å². The third kappa shape index (κ3) is 4.45. The molecule has 2 aromatic heterocycles. The number of nitrogen functional groups attached to an aromatic ring is 1. The predicted octanol–water partition coefficient (Wildman–Crippen LogP) is 3.27. The molecule has 3 heterocycles. The summed E-state index contributed by atoms with van der Waals surface area (Å²) >= 11 is 0. The molecule has 166 valence electrons. The van der Waals surface area contributed by atoms with Crippen molar-refractivity contribution in [3.05, 3.63) is 59.9 Å². The third-order valence-electron chi connectivity index (χ3n) is 5.82. The molecule has 3 aromatic rings. The van der Waals surface area contributed by atoms with Gasteiger partial charge in [0.25, 0.3) is 5.91 Å². The van der Waals surface area contributed by atoms with Crippen molar-refractivity contribution in [2.45, 2.75) is 19.8 Å². The molecule has 1 aromatic carbocycles. The minimum absolute atomic E-state index is 0.0822. The second-order valence-electron chi connectivity index (χ2n) is 8.01. The standard InChI is InChI=1S/C24H27FN6O/c1-3-20-22(17-6-8-21(26)27-14-17)23(29-15-28-20)16-5-7-18(19(25)13-16)24(32)31-10-4-9-30(2)11-12-31/h5-8,13-15H,3-4,9-12H2,1-2H3,(H2,26,27). The fraction of sp³-hybridized carbons (Fsp3) is 0.333. The van der Waals surface area contributed by atoms with Gasteiger partial charge in [-0.25, -0.2) is 19.3 Å². The van der Waals surface area contributed by atoms with Crippen molar-refractivity contribution in [2.24, 2.45) is 0 Å². The number of nitrogens with zero attached hydrogens (tertiary/aromatic N) is 5. The molecule has 1 aliphatic heterocycles. The van der Waals surface area contributed by atoms with Gasteiger partial charge in [-0.15, -0.1) is 0 Å². The minimum atomic E-state index is -0.553. The number of rotatable bonds is 4. The van der Waals surface area contributed by atoms with E-state index < -0.39 is 5.82 Å². The van der Waals surface area contributed by atoms with Gasteiger partial charge in [0.15, 0.2) is 0 Å². The summed E-state index contributed by atoms with van der Waals surface area (Å²) in [6.45, 7) is 4.94. The zero-order valence-electron chi connectivity index (χ0n) is 18.4. The number of hydrogen-bond donors (Lipinski definition) is 1. The second kappa shape index (κ2) is 9.40. The molecule has 2 N–H and O–H groups in total. The highest BCUT2D eigenvalue weighted by molar-refractivity contribution is 5.95. The van der Waals surface area contributed by atoms with Gasteiger partial charge in [-0.1, -0.05) is 13.0 Å². The molecule has 1 fully saturated rings. The molecule has 4 rings (SSSR count). The number of carbonyl (C=O) groups excluding carboxylic acids is 1. The van der Waals surface area contributed by atoms with Gasteiger partial charge < -0.3 is 15.5 Å². The second-order valence-corrected chi connectivity index (χ2v) is 8.01. The summed E-state index contributed by atoms with van der Waals surface area (Å²) in [5.41, 5.74) is 9.42. The van der Waals surface area contributed by atoms with Crippen LogP contribution in [0.4, 0.5) is 10.2 Å². The quantitative estimate of drug-likeness (QED) is 0.678. The van der Waals surface area contributed by atoms with Gasteiger partial charge >= 0.3 is 0 Å². The van der Waals surface area contributed by atoms with Crippen molar-refractivity contribution >= 4 is 11.7 Å². The van der Waals surface area contributed by atoms with Crippen molar-refractivity contribution in [1.29, 1.82) is 0 Å². The fourth-order valence-electron chi connectivity index (χ4n) is 4.02. The van der Waals surface area contributed by atoms with Crippen molar-refractivity contribution in [3.8, 4) is 22.4 Å². The molecule has 1 amide bonds. The molecule has 0 unspecified atom stereocenters. The molecule has 1 aliphatic rings. The maximum atomic E-state index is 15.2. The normalized spacial score (nSPS) is 14.9. The first-order valence-electron chi connectivity index (χ1n) is 10.8. The Bertz CT molecular complexity index is 1120. The lowest BCUT2D eigenvalue weighted by Gasteiger charge is -2.21. The Morgan fingerprint density at radius 1 is 1.06 bits per heavy atom. The monoisotopic (exact) mass is 434 g/mol. The van der Waals surface area contributed by atoms with E-state index in [9.17, 15) is 4.79 Å². The first-order valence-corrected chi connectivity index (χ1v) is 10.8. The van der Waals surface area contributed by atoms with Crippen molar-refractivity contribution in [1.82, 2.24) is 24.8 Å². The number of amides is 1. The first kappa shape index (κ1) is 21.8. The lowest BCUT2D eigenvalue weighted by molar-refractivity contribution is 0.0758. The van der Waals surface area contributed by atoms with Gasteiger partial charge in [-0.2, -0.15) is 0 Å². The number of hydrogen-bond acceptors (Lipinski definition) is 6. The van der Waals surface area contributed by atoms with Crippen LogP contribution in [0.25, 0.3) is 22.4 Å². The largest absolute Gasteiger partial charge is 0.384 e. The lowest BCUT2D eigenvalue weighted by atomic mass is 9.97. The van der Waals surface area contributed by atoms with Crippen LogP contribution in [-0.2, 0) is 6.42 Å². The Morgan fingerprint density at radius 2 is 1.88 bits per heavy atom. The number of pyridine rings is 1. The molecule has 0 atom stereocenters. The van der Waals surface area contributed by atoms with E-state index in [4.69, 9.17) is 5.73 Å². The van der Waals surface area contributed by atoms with Crippen LogP contribution in [0, 0.1) is 5.82 Å². The van der Waals surface area contributed by atoms with Crippen LogP contribution >= 0.6 is 0 Å². The Hall–Kier alpha value is -3.39. The molecule has 0 bridgehead atoms. The zero-order valence-corrected chi connectivity index (χ0v) is 18.4. The van der Waals surface area contributed by atoms with E-state index in [0.717, 1.165) is 36.3 Å². The summed E-state index contributed by atoms with van der Waals surface area (Å²) in [5, 5.41) is 0. The van der Waals surface area contributed by atoms with Crippen LogP contribution in [0.1, 0.15) is 29.4 Å². The van der Waals surface area contributed by atoms with Gasteiger partial charge in [0.1, 0.15) is 18.0 Å². The smallest absolute Gasteiger partial charge is 0.256 e. The van der Waals surface area contributed by atoms with E-state index in [1.54, 1.807) is 29.3 Å². The van der Waals surface area contributed by atoms with Crippen LogP contribution in [0.2, 0.25) is 0 Å². The molecule has 32 heavy (non-hydrogen) atoms. The summed E-state index contributed by atoms with van der Waals surface area (Å²) < 4.78 is 15.2. The van der Waals surface area contributed by atoms with E-state index in [0.29, 0.717) is 36.6 Å². The average Bonchev–Trinajstić information content (AvgIpc) is 3.03. The van der Waals surface area contributed by atoms with Gasteiger partial charge in [0.05, 0.1) is 17.0 Å². The van der Waals surface area contributed by atoms with E-state index in [2.05, 4.69) is 19.9 Å². The van der Waals surface area contributed by atoms with Gasteiger partial charge in [-0.3, -0.25) is 4.79 Å². The molecule has 0 aliphatic carbocycles. The number of likely N-dealkylation sites (N-methyl/N-ethyl adjacent to an activating group) is 1. The predicted molar refractivity (Wildman–Crippen MR) is 122 cm³/mol. The fourth-order valence-corrected chi connectivity index (χ4v) is 4.02. The number of aryl methyl sites for hydroxylation is 1. The first-order chi connectivity index (χ1) is 15.5. The Morgan fingerprint density at radius 3 is 2.59 bits per heavy atom. The van der Waals surface area contributed by atoms with E-state index in [1.807, 2.05) is 20.0 Å². The molecule has 8 heteroatoms. The molecular weight excluding hydrogens is 407 g/mol. The summed E-state index contributed by atoms with van der Waals surface area (Å²) in [6, 6.07) is 8.25. The third-order valence-corrected chi connectivity index (χ3v) is 5.82. The summed E-state index contributed by atoms with van der Waals surface area (Å²) in [4.78, 5) is 29.9. The summed E-state index contributed by atoms with van der Waals surface area (Å²) in [6.07, 6.45) is 4.70. The van der Waals surface area contributed by atoms with Crippen LogP contribution < -0.4 is 5.73 Å². The molecular formula is C24H27FN6O. The molecule has 1 saturated heterocycles. The highest BCUT2D eigenvalue weighted by atomic mass is 19.1.